The van der Waals surface area contributed by atoms with E-state index in [1.165, 1.54) is 0 Å². The molecule has 1 saturated carbocycles. The lowest BCUT2D eigenvalue weighted by molar-refractivity contribution is 0.311. The predicted molar refractivity (Wildman–Crippen MR) is 77.2 cm³/mol. The largest absolute Gasteiger partial charge is 0.314 e. The number of nitrogens with zero attached hydrogens (tertiary/aromatic N) is 1. The molecule has 0 aromatic heterocycles. The van der Waals surface area contributed by atoms with Crippen molar-refractivity contribution in [3.63, 3.8) is 0 Å². The van der Waals surface area contributed by atoms with E-state index in [1.54, 1.807) is 4.31 Å². The van der Waals surface area contributed by atoms with E-state index in [0.717, 1.165) is 51.5 Å². The average molecular weight is 289 g/mol. The molecule has 0 aromatic carbocycles. The summed E-state index contributed by atoms with van der Waals surface area (Å²) in [7, 11) is -3.25. The second kappa shape index (κ2) is 7.02. The summed E-state index contributed by atoms with van der Waals surface area (Å²) in [5.41, 5.74) is 0. The van der Waals surface area contributed by atoms with Gasteiger partial charge in [-0.1, -0.05) is 13.3 Å². The van der Waals surface area contributed by atoms with Crippen LogP contribution in [0.4, 0.5) is 0 Å². The number of hydrogen-bond donors (Lipinski definition) is 2. The maximum atomic E-state index is 12.3. The molecule has 0 amide bonds. The Morgan fingerprint density at radius 1 is 1.00 bits per heavy atom. The van der Waals surface area contributed by atoms with Crippen molar-refractivity contribution < 1.29 is 8.42 Å². The molecule has 0 spiro atoms. The van der Waals surface area contributed by atoms with Gasteiger partial charge >= 0.3 is 0 Å². The molecule has 0 unspecified atom stereocenters. The van der Waals surface area contributed by atoms with Crippen LogP contribution >= 0.6 is 0 Å². The zero-order valence-corrected chi connectivity index (χ0v) is 12.7. The van der Waals surface area contributed by atoms with Crippen LogP contribution < -0.4 is 10.0 Å². The molecule has 0 radical (unpaired) electrons. The Kier molecular flexibility index (Phi) is 5.62. The van der Waals surface area contributed by atoms with Crippen LogP contribution in [0.3, 0.4) is 0 Å². The van der Waals surface area contributed by atoms with Crippen molar-refractivity contribution in [3.8, 4) is 0 Å². The predicted octanol–water partition coefficient (Wildman–Crippen LogP) is 1.23. The van der Waals surface area contributed by atoms with Crippen molar-refractivity contribution in [1.29, 1.82) is 0 Å². The van der Waals surface area contributed by atoms with Crippen molar-refractivity contribution in [2.75, 3.05) is 19.6 Å². The van der Waals surface area contributed by atoms with Crippen LogP contribution in [0.2, 0.25) is 0 Å². The molecule has 6 heteroatoms. The Morgan fingerprint density at radius 2 is 1.58 bits per heavy atom. The van der Waals surface area contributed by atoms with E-state index in [0.29, 0.717) is 19.1 Å². The summed E-state index contributed by atoms with van der Waals surface area (Å²) in [6.45, 7) is 4.48. The lowest BCUT2D eigenvalue weighted by atomic mass is 9.92. The minimum absolute atomic E-state index is 0.127. The fraction of sp³-hybridized carbons (Fsp3) is 1.00. The highest BCUT2D eigenvalue weighted by Gasteiger charge is 2.28. The van der Waals surface area contributed by atoms with Gasteiger partial charge in [-0.05, 0) is 45.1 Å². The Hall–Kier alpha value is -0.170. The molecular formula is C13H27N3O2S. The Morgan fingerprint density at radius 3 is 2.16 bits per heavy atom. The maximum Gasteiger partial charge on any atom is 0.279 e. The summed E-state index contributed by atoms with van der Waals surface area (Å²) in [5, 5.41) is 3.44. The van der Waals surface area contributed by atoms with Gasteiger partial charge in [0, 0.05) is 25.2 Å². The minimum atomic E-state index is -3.25. The van der Waals surface area contributed by atoms with E-state index in [-0.39, 0.29) is 6.04 Å². The smallest absolute Gasteiger partial charge is 0.279 e. The van der Waals surface area contributed by atoms with Crippen molar-refractivity contribution >= 4 is 10.2 Å². The fourth-order valence-corrected chi connectivity index (χ4v) is 4.64. The molecule has 112 valence electrons. The molecule has 0 bridgehead atoms. The first-order chi connectivity index (χ1) is 9.12. The number of nitrogens with one attached hydrogen (secondary N) is 2. The van der Waals surface area contributed by atoms with Gasteiger partial charge < -0.3 is 5.32 Å². The molecule has 0 atom stereocenters. The van der Waals surface area contributed by atoms with Gasteiger partial charge in [0.25, 0.3) is 10.2 Å². The zero-order chi connectivity index (χ0) is 13.7. The first-order valence-corrected chi connectivity index (χ1v) is 9.06. The molecule has 5 nitrogen and oxygen atoms in total. The van der Waals surface area contributed by atoms with Crippen LogP contribution in [-0.2, 0) is 10.2 Å². The lowest BCUT2D eigenvalue weighted by Gasteiger charge is -2.32. The lowest BCUT2D eigenvalue weighted by Crippen LogP contribution is -2.49. The molecule has 2 rings (SSSR count). The second-order valence-corrected chi connectivity index (χ2v) is 7.39. The van der Waals surface area contributed by atoms with E-state index >= 15 is 0 Å². The summed E-state index contributed by atoms with van der Waals surface area (Å²) in [6, 6.07) is 0.697. The van der Waals surface area contributed by atoms with Crippen molar-refractivity contribution in [1.82, 2.24) is 14.3 Å². The highest BCUT2D eigenvalue weighted by atomic mass is 32.2. The van der Waals surface area contributed by atoms with Gasteiger partial charge in [-0.15, -0.1) is 0 Å². The third-order valence-corrected chi connectivity index (χ3v) is 5.87. The van der Waals surface area contributed by atoms with Gasteiger partial charge in [0.15, 0.2) is 0 Å². The molecule has 1 heterocycles. The van der Waals surface area contributed by atoms with E-state index in [9.17, 15) is 8.42 Å². The first kappa shape index (κ1) is 15.2. The fourth-order valence-electron chi connectivity index (χ4n) is 3.09. The summed E-state index contributed by atoms with van der Waals surface area (Å²) in [4.78, 5) is 0. The molecule has 1 aliphatic heterocycles. The summed E-state index contributed by atoms with van der Waals surface area (Å²) < 4.78 is 29.0. The molecule has 0 aromatic rings. The molecule has 2 aliphatic rings. The molecule has 2 fully saturated rings. The quantitative estimate of drug-likeness (QED) is 0.800. The minimum Gasteiger partial charge on any atom is -0.314 e. The summed E-state index contributed by atoms with van der Waals surface area (Å²) in [6.07, 6.45) is 7.18. The number of rotatable bonds is 5. The van der Waals surface area contributed by atoms with Gasteiger partial charge in [-0.3, -0.25) is 0 Å². The van der Waals surface area contributed by atoms with Crippen molar-refractivity contribution in [3.05, 3.63) is 0 Å². The van der Waals surface area contributed by atoms with Gasteiger partial charge in [0.05, 0.1) is 0 Å². The second-order valence-electron chi connectivity index (χ2n) is 5.69. The Bertz CT molecular complexity index is 358. The van der Waals surface area contributed by atoms with Gasteiger partial charge in [-0.25, -0.2) is 0 Å². The highest BCUT2D eigenvalue weighted by Crippen LogP contribution is 2.20. The van der Waals surface area contributed by atoms with Crippen LogP contribution in [0.5, 0.6) is 0 Å². The summed E-state index contributed by atoms with van der Waals surface area (Å²) >= 11 is 0. The molecular weight excluding hydrogens is 262 g/mol. The SMILES string of the molecule is CCNC1CCC(NS(=O)(=O)N2CCCCC2)CC1. The van der Waals surface area contributed by atoms with E-state index in [1.807, 2.05) is 0 Å². The monoisotopic (exact) mass is 289 g/mol. The zero-order valence-electron chi connectivity index (χ0n) is 11.9. The maximum absolute atomic E-state index is 12.3. The van der Waals surface area contributed by atoms with Crippen LogP contribution in [0.25, 0.3) is 0 Å². The number of hydrogen-bond acceptors (Lipinski definition) is 3. The van der Waals surface area contributed by atoms with Crippen molar-refractivity contribution in [2.45, 2.75) is 64.0 Å². The van der Waals surface area contributed by atoms with Gasteiger partial charge in [0.2, 0.25) is 0 Å². The average Bonchev–Trinajstić information content (AvgIpc) is 2.42. The Labute approximate surface area is 117 Å². The number of piperidine rings is 1. The molecule has 1 saturated heterocycles. The van der Waals surface area contributed by atoms with Gasteiger partial charge in [0.1, 0.15) is 0 Å². The van der Waals surface area contributed by atoms with Crippen LogP contribution in [-0.4, -0.2) is 44.4 Å². The van der Waals surface area contributed by atoms with Crippen molar-refractivity contribution in [2.24, 2.45) is 0 Å². The molecule has 19 heavy (non-hydrogen) atoms. The highest BCUT2D eigenvalue weighted by molar-refractivity contribution is 7.87. The van der Waals surface area contributed by atoms with Crippen LogP contribution in [0.15, 0.2) is 0 Å². The van der Waals surface area contributed by atoms with E-state index < -0.39 is 10.2 Å². The topological polar surface area (TPSA) is 61.4 Å². The van der Waals surface area contributed by atoms with Gasteiger partial charge in [-0.2, -0.15) is 17.4 Å². The first-order valence-electron chi connectivity index (χ1n) is 7.62. The molecule has 2 N–H and O–H groups in total. The molecule has 1 aliphatic carbocycles. The van der Waals surface area contributed by atoms with Crippen LogP contribution in [0, 0.1) is 0 Å². The third-order valence-electron chi connectivity index (χ3n) is 4.19. The van der Waals surface area contributed by atoms with E-state index in [4.69, 9.17) is 0 Å². The Balaban J connectivity index is 1.80. The van der Waals surface area contributed by atoms with Crippen LogP contribution in [0.1, 0.15) is 51.9 Å². The summed E-state index contributed by atoms with van der Waals surface area (Å²) in [5.74, 6) is 0. The standard InChI is InChI=1S/C13H27N3O2S/c1-2-14-12-6-8-13(9-7-12)15-19(17,18)16-10-4-3-5-11-16/h12-15H,2-11H2,1H3. The normalized spacial score (nSPS) is 30.4. The van der Waals surface area contributed by atoms with E-state index in [2.05, 4.69) is 17.0 Å². The third kappa shape index (κ3) is 4.41.